The van der Waals surface area contributed by atoms with Gasteiger partial charge in [0.15, 0.2) is 23.0 Å². The topological polar surface area (TPSA) is 212 Å². The van der Waals surface area contributed by atoms with Crippen LogP contribution in [0.4, 0.5) is 60.5 Å². The fourth-order valence-corrected chi connectivity index (χ4v) is 7.09. The molecule has 12 nitrogen and oxygen atoms in total. The van der Waals surface area contributed by atoms with E-state index < -0.39 is 51.9 Å². The van der Waals surface area contributed by atoms with Crippen molar-refractivity contribution >= 4 is 34.1 Å². The highest BCUT2D eigenvalue weighted by atomic mass is 19.4. The van der Waals surface area contributed by atoms with Gasteiger partial charge in [0.2, 0.25) is 16.9 Å². The maximum atomic E-state index is 16.9. The molecule has 0 aliphatic rings. The summed E-state index contributed by atoms with van der Waals surface area (Å²) in [5, 5.41) is 0. The van der Waals surface area contributed by atoms with Gasteiger partial charge in [-0.1, -0.05) is 0 Å². The van der Waals surface area contributed by atoms with E-state index in [0.29, 0.717) is 23.5 Å². The molecule has 0 saturated carbocycles. The molecule has 0 bridgehead atoms. The lowest BCUT2D eigenvalue weighted by Gasteiger charge is -2.40. The second-order valence-corrected chi connectivity index (χ2v) is 15.3. The summed E-state index contributed by atoms with van der Waals surface area (Å²) >= 11 is 0. The van der Waals surface area contributed by atoms with E-state index in [1.807, 2.05) is 0 Å². The molecule has 0 aliphatic heterocycles. The molecule has 8 aromatic carbocycles. The summed E-state index contributed by atoms with van der Waals surface area (Å²) in [6, 6.07) is 36.0. The van der Waals surface area contributed by atoms with Gasteiger partial charge in [0, 0.05) is 45.3 Å². The molecule has 0 fully saturated rings. The SMILES string of the molecule is Nc1ccc(Oc2ccc(C(c3ccc(Oc4ccc(N)cc4)c(Oc4ccc(N)cc4)c3Oc3ccc(N)cc3)(C(F)(F)F)C(F)(F)F)c(Oc3ccc(N)cc3)c2Oc2ccc(N)cc2)cc1. The Balaban J connectivity index is 1.50. The minimum Gasteiger partial charge on any atom is -0.453 e. The molecule has 8 aromatic rings. The minimum absolute atomic E-state index is 0.0778. The van der Waals surface area contributed by atoms with Crippen molar-refractivity contribution in [3.8, 4) is 69.0 Å². The quantitative estimate of drug-likeness (QED) is 0.0444. The molecule has 0 aliphatic carbocycles. The van der Waals surface area contributed by atoms with E-state index in [1.165, 1.54) is 146 Å². The Morgan fingerprint density at radius 3 is 0.667 bits per heavy atom. The second-order valence-electron chi connectivity index (χ2n) is 15.3. The van der Waals surface area contributed by atoms with Crippen LogP contribution in [0.2, 0.25) is 0 Å². The minimum atomic E-state index is -6.31. The smallest absolute Gasteiger partial charge is 0.411 e. The van der Waals surface area contributed by atoms with E-state index in [0.717, 1.165) is 12.1 Å². The standard InChI is InChI=1S/C51H40F6N6O6/c52-50(53,54)49(51(55,56)57,41-25-27-43(64-35-13-1-29(58)2-14-35)47(68-39-21-9-33(62)10-22-39)45(41)66-37-17-5-31(60)6-18-37)42-26-28-44(65-36-15-3-30(59)4-16-36)48(69-40-23-11-34(63)12-24-40)46(42)67-38-19-7-32(61)8-20-38/h1-28H,58-63H2. The zero-order valence-corrected chi connectivity index (χ0v) is 35.8. The van der Waals surface area contributed by atoms with Crippen molar-refractivity contribution in [2.45, 2.75) is 17.8 Å². The Kier molecular flexibility index (Phi) is 12.6. The van der Waals surface area contributed by atoms with Gasteiger partial charge < -0.3 is 62.8 Å². The molecule has 12 N–H and O–H groups in total. The van der Waals surface area contributed by atoms with Gasteiger partial charge in [-0.2, -0.15) is 26.3 Å². The Labute approximate surface area is 390 Å². The zero-order valence-electron chi connectivity index (χ0n) is 35.8. The van der Waals surface area contributed by atoms with Crippen LogP contribution in [-0.2, 0) is 5.41 Å². The summed E-state index contributed by atoms with van der Waals surface area (Å²) in [6.45, 7) is 0. The normalized spacial score (nSPS) is 11.7. The number of hydrogen-bond donors (Lipinski definition) is 6. The Morgan fingerprint density at radius 1 is 0.246 bits per heavy atom. The number of hydrogen-bond acceptors (Lipinski definition) is 12. The molecule has 0 atom stereocenters. The molecule has 0 saturated heterocycles. The van der Waals surface area contributed by atoms with E-state index in [-0.39, 0.29) is 68.7 Å². The van der Waals surface area contributed by atoms with E-state index in [1.54, 1.807) is 0 Å². The number of anilines is 6. The summed E-state index contributed by atoms with van der Waals surface area (Å²) in [6.07, 6.45) is -12.6. The van der Waals surface area contributed by atoms with E-state index >= 15 is 26.3 Å². The van der Waals surface area contributed by atoms with Crippen molar-refractivity contribution in [3.05, 3.63) is 181 Å². The number of nitrogens with two attached hydrogens (primary N) is 6. The zero-order chi connectivity index (χ0) is 49.1. The lowest BCUT2D eigenvalue weighted by Crippen LogP contribution is -2.55. The second kappa shape index (κ2) is 18.7. The highest BCUT2D eigenvalue weighted by Crippen LogP contribution is 2.65. The molecule has 18 heteroatoms. The van der Waals surface area contributed by atoms with Crippen LogP contribution in [0.15, 0.2) is 170 Å². The van der Waals surface area contributed by atoms with Gasteiger partial charge in [-0.15, -0.1) is 0 Å². The first-order valence-corrected chi connectivity index (χ1v) is 20.6. The van der Waals surface area contributed by atoms with Crippen molar-refractivity contribution in [1.29, 1.82) is 0 Å². The lowest BCUT2D eigenvalue weighted by molar-refractivity contribution is -0.289. The summed E-state index contributed by atoms with van der Waals surface area (Å²) in [4.78, 5) is 0. The molecule has 0 aromatic heterocycles. The maximum absolute atomic E-state index is 16.9. The predicted molar refractivity (Wildman–Crippen MR) is 251 cm³/mol. The molecule has 0 radical (unpaired) electrons. The van der Waals surface area contributed by atoms with E-state index in [2.05, 4.69) is 0 Å². The van der Waals surface area contributed by atoms with E-state index in [9.17, 15) is 0 Å². The molecule has 0 amide bonds. The molecule has 0 spiro atoms. The summed E-state index contributed by atoms with van der Waals surface area (Å²) in [7, 11) is 0. The molecule has 0 unspecified atom stereocenters. The van der Waals surface area contributed by atoms with Crippen LogP contribution in [0.25, 0.3) is 0 Å². The van der Waals surface area contributed by atoms with Crippen LogP contribution in [-0.4, -0.2) is 12.4 Å². The van der Waals surface area contributed by atoms with Crippen molar-refractivity contribution in [3.63, 3.8) is 0 Å². The highest BCUT2D eigenvalue weighted by Gasteiger charge is 2.75. The molecular formula is C51H40F6N6O6. The van der Waals surface area contributed by atoms with Crippen molar-refractivity contribution < 1.29 is 54.8 Å². The third-order valence-electron chi connectivity index (χ3n) is 10.4. The average molecular weight is 947 g/mol. The number of benzene rings is 8. The van der Waals surface area contributed by atoms with Crippen LogP contribution in [0, 0.1) is 0 Å². The first kappa shape index (κ1) is 46.5. The highest BCUT2D eigenvalue weighted by molar-refractivity contribution is 5.70. The number of alkyl halides is 6. The molecular weight excluding hydrogens is 907 g/mol. The average Bonchev–Trinajstić information content (AvgIpc) is 3.30. The van der Waals surface area contributed by atoms with Crippen LogP contribution in [0.5, 0.6) is 69.0 Å². The van der Waals surface area contributed by atoms with Crippen molar-refractivity contribution in [2.24, 2.45) is 0 Å². The van der Waals surface area contributed by atoms with Crippen LogP contribution in [0.3, 0.4) is 0 Å². The van der Waals surface area contributed by atoms with Gasteiger partial charge in [0.1, 0.15) is 34.5 Å². The van der Waals surface area contributed by atoms with Gasteiger partial charge in [-0.25, -0.2) is 0 Å². The fraction of sp³-hybridized carbons (Fsp3) is 0.0588. The van der Waals surface area contributed by atoms with Crippen LogP contribution >= 0.6 is 0 Å². The molecule has 8 rings (SSSR count). The Morgan fingerprint density at radius 2 is 0.449 bits per heavy atom. The Hall–Kier alpha value is -9.06. The number of ether oxygens (including phenoxy) is 6. The first-order chi connectivity index (χ1) is 32.9. The summed E-state index contributed by atoms with van der Waals surface area (Å²) in [5.74, 6) is -4.82. The first-order valence-electron chi connectivity index (χ1n) is 20.6. The Bertz CT molecular complexity index is 2860. The number of halogens is 6. The lowest BCUT2D eigenvalue weighted by atomic mass is 9.71. The van der Waals surface area contributed by atoms with Gasteiger partial charge in [0.05, 0.1) is 0 Å². The van der Waals surface area contributed by atoms with Gasteiger partial charge >= 0.3 is 12.4 Å². The largest absolute Gasteiger partial charge is 0.453 e. The predicted octanol–water partition coefficient (Wildman–Crippen LogP) is 13.3. The van der Waals surface area contributed by atoms with Gasteiger partial charge in [-0.3, -0.25) is 0 Å². The third kappa shape index (κ3) is 9.90. The van der Waals surface area contributed by atoms with Crippen molar-refractivity contribution in [1.82, 2.24) is 0 Å². The van der Waals surface area contributed by atoms with E-state index in [4.69, 9.17) is 62.8 Å². The number of nitrogen functional groups attached to an aromatic ring is 6. The monoisotopic (exact) mass is 946 g/mol. The van der Waals surface area contributed by atoms with Crippen LogP contribution < -0.4 is 62.8 Å². The summed E-state index contributed by atoms with van der Waals surface area (Å²) in [5.41, 5.74) is 29.0. The molecule has 69 heavy (non-hydrogen) atoms. The summed E-state index contributed by atoms with van der Waals surface area (Å²) < 4.78 is 139. The van der Waals surface area contributed by atoms with Crippen molar-refractivity contribution in [2.75, 3.05) is 34.4 Å². The molecule has 352 valence electrons. The van der Waals surface area contributed by atoms with Crippen LogP contribution in [0.1, 0.15) is 11.1 Å². The third-order valence-corrected chi connectivity index (χ3v) is 10.4. The van der Waals surface area contributed by atoms with Gasteiger partial charge in [-0.05, 0) is 170 Å². The fourth-order valence-electron chi connectivity index (χ4n) is 7.09. The molecule has 0 heterocycles. The van der Waals surface area contributed by atoms with Gasteiger partial charge in [0.25, 0.3) is 0 Å². The number of rotatable bonds is 14. The maximum Gasteiger partial charge on any atom is 0.411 e.